The van der Waals surface area contributed by atoms with Crippen molar-refractivity contribution in [2.75, 3.05) is 6.54 Å². The summed E-state index contributed by atoms with van der Waals surface area (Å²) in [5, 5.41) is 9.99. The fraction of sp³-hybridized carbons (Fsp3) is 0.263. The zero-order valence-electron chi connectivity index (χ0n) is 13.4. The van der Waals surface area contributed by atoms with Crippen LogP contribution in [0.5, 0.6) is 0 Å². The molecule has 2 heterocycles. The molecule has 1 N–H and O–H groups in total. The van der Waals surface area contributed by atoms with Crippen LogP contribution in [0.3, 0.4) is 0 Å². The molecule has 0 radical (unpaired) electrons. The van der Waals surface area contributed by atoms with Crippen molar-refractivity contribution in [3.63, 3.8) is 0 Å². The van der Waals surface area contributed by atoms with E-state index in [1.807, 2.05) is 0 Å². The Bertz CT molecular complexity index is 877. The molecule has 0 bridgehead atoms. The van der Waals surface area contributed by atoms with E-state index in [2.05, 4.69) is 0 Å². The van der Waals surface area contributed by atoms with Crippen molar-refractivity contribution < 1.29 is 23.5 Å². The molecule has 4 rings (SSSR count). The second-order valence-electron chi connectivity index (χ2n) is 6.39. The van der Waals surface area contributed by atoms with E-state index in [0.717, 1.165) is 18.4 Å². The highest BCUT2D eigenvalue weighted by atomic mass is 19.1. The van der Waals surface area contributed by atoms with Gasteiger partial charge in [0.2, 0.25) is 5.78 Å². The Morgan fingerprint density at radius 3 is 2.60 bits per heavy atom. The quantitative estimate of drug-likeness (QED) is 0.849. The summed E-state index contributed by atoms with van der Waals surface area (Å²) in [6.45, 7) is 0.127. The lowest BCUT2D eigenvalue weighted by Crippen LogP contribution is -2.29. The number of hydrogen-bond acceptors (Lipinski definition) is 4. The van der Waals surface area contributed by atoms with Crippen LogP contribution in [0.2, 0.25) is 0 Å². The maximum Gasteiger partial charge on any atom is 0.289 e. The molecule has 2 aliphatic rings. The number of carbonyl (C=O) groups excluding carboxylic acids is 2. The first-order valence-corrected chi connectivity index (χ1v) is 8.14. The molecule has 1 saturated carbocycles. The van der Waals surface area contributed by atoms with Crippen LogP contribution < -0.4 is 0 Å². The van der Waals surface area contributed by atoms with E-state index in [4.69, 9.17) is 4.42 Å². The lowest BCUT2D eigenvalue weighted by molar-refractivity contribution is -0.128. The van der Waals surface area contributed by atoms with E-state index in [9.17, 15) is 19.1 Å². The van der Waals surface area contributed by atoms with Gasteiger partial charge in [0.15, 0.2) is 11.5 Å². The number of benzene rings is 1. The Balaban J connectivity index is 1.50. The molecule has 25 heavy (non-hydrogen) atoms. The molecule has 1 aliphatic carbocycles. The summed E-state index contributed by atoms with van der Waals surface area (Å²) in [5.74, 6) is -1.10. The van der Waals surface area contributed by atoms with E-state index < -0.39 is 17.4 Å². The lowest BCUT2D eigenvalue weighted by Gasteiger charge is -2.13. The fourth-order valence-corrected chi connectivity index (χ4v) is 2.99. The van der Waals surface area contributed by atoms with Gasteiger partial charge in [0, 0.05) is 12.5 Å². The van der Waals surface area contributed by atoms with Gasteiger partial charge in [-0.05, 0) is 42.7 Å². The van der Waals surface area contributed by atoms with Gasteiger partial charge in [-0.1, -0.05) is 12.1 Å². The fourth-order valence-electron chi connectivity index (χ4n) is 2.99. The second kappa shape index (κ2) is 5.88. The first kappa shape index (κ1) is 15.6. The topological polar surface area (TPSA) is 70.8 Å². The Hall–Kier alpha value is -2.89. The predicted octanol–water partition coefficient (Wildman–Crippen LogP) is 3.01. The molecule has 0 saturated heterocycles. The largest absolute Gasteiger partial charge is 0.503 e. The van der Waals surface area contributed by atoms with Crippen molar-refractivity contribution in [1.29, 1.82) is 0 Å². The first-order chi connectivity index (χ1) is 12.0. The van der Waals surface area contributed by atoms with Crippen LogP contribution in [0, 0.1) is 5.82 Å². The maximum atomic E-state index is 12.9. The number of furan rings is 1. The van der Waals surface area contributed by atoms with E-state index in [-0.39, 0.29) is 29.7 Å². The monoisotopic (exact) mass is 341 g/mol. The van der Waals surface area contributed by atoms with E-state index in [0.29, 0.717) is 12.2 Å². The van der Waals surface area contributed by atoms with Crippen LogP contribution in [-0.2, 0) is 11.2 Å². The number of amides is 1. The van der Waals surface area contributed by atoms with E-state index >= 15 is 0 Å². The van der Waals surface area contributed by atoms with E-state index in [1.165, 1.54) is 23.1 Å². The minimum absolute atomic E-state index is 0.0829. The zero-order valence-corrected chi connectivity index (χ0v) is 13.4. The molecule has 1 aliphatic heterocycles. The highest BCUT2D eigenvalue weighted by Gasteiger charge is 2.42. The van der Waals surface area contributed by atoms with Crippen molar-refractivity contribution in [1.82, 2.24) is 4.90 Å². The number of rotatable bonds is 5. The molecule has 2 aromatic rings. The third-order valence-electron chi connectivity index (χ3n) is 4.52. The van der Waals surface area contributed by atoms with Crippen LogP contribution in [-0.4, -0.2) is 34.3 Å². The van der Waals surface area contributed by atoms with Crippen LogP contribution in [0.4, 0.5) is 4.39 Å². The normalized spacial score (nSPS) is 17.5. The van der Waals surface area contributed by atoms with Gasteiger partial charge in [0.1, 0.15) is 11.6 Å². The Kier molecular flexibility index (Phi) is 3.67. The van der Waals surface area contributed by atoms with Crippen LogP contribution in [0.15, 0.2) is 52.1 Å². The third-order valence-corrected chi connectivity index (χ3v) is 4.52. The average molecular weight is 341 g/mol. The number of hydrogen-bond donors (Lipinski definition) is 1. The summed E-state index contributed by atoms with van der Waals surface area (Å²) in [6, 6.07) is 9.36. The number of halogens is 1. The SMILES string of the molecule is O=C(C1=C(O)C(=O)N(C2CC2)C1)c1ccc(Cc2ccc(F)cc2)o1. The number of ketones is 1. The molecule has 1 amide bonds. The van der Waals surface area contributed by atoms with Crippen LogP contribution in [0.25, 0.3) is 0 Å². The second-order valence-corrected chi connectivity index (χ2v) is 6.39. The minimum atomic E-state index is -0.482. The van der Waals surface area contributed by atoms with Gasteiger partial charge in [-0.3, -0.25) is 9.59 Å². The van der Waals surface area contributed by atoms with Crippen molar-refractivity contribution in [2.45, 2.75) is 25.3 Å². The number of Topliss-reactive ketones (excluding diaryl/α,β-unsaturated/α-hetero) is 1. The number of aliphatic hydroxyl groups is 1. The van der Waals surface area contributed by atoms with Crippen LogP contribution in [0.1, 0.15) is 34.7 Å². The highest BCUT2D eigenvalue weighted by molar-refractivity contribution is 6.14. The molecule has 128 valence electrons. The smallest absolute Gasteiger partial charge is 0.289 e. The summed E-state index contributed by atoms with van der Waals surface area (Å²) in [6.07, 6.45) is 2.23. The molecule has 0 atom stereocenters. The van der Waals surface area contributed by atoms with Gasteiger partial charge in [-0.15, -0.1) is 0 Å². The van der Waals surface area contributed by atoms with Gasteiger partial charge in [-0.25, -0.2) is 4.39 Å². The summed E-state index contributed by atoms with van der Waals surface area (Å²) in [7, 11) is 0. The zero-order chi connectivity index (χ0) is 17.6. The van der Waals surface area contributed by atoms with Gasteiger partial charge >= 0.3 is 0 Å². The Morgan fingerprint density at radius 1 is 1.20 bits per heavy atom. The number of nitrogens with zero attached hydrogens (tertiary/aromatic N) is 1. The van der Waals surface area contributed by atoms with Crippen molar-refractivity contribution in [3.8, 4) is 0 Å². The predicted molar refractivity (Wildman–Crippen MR) is 86.6 cm³/mol. The molecule has 1 fully saturated rings. The summed E-state index contributed by atoms with van der Waals surface area (Å²) >= 11 is 0. The third kappa shape index (κ3) is 2.95. The summed E-state index contributed by atoms with van der Waals surface area (Å²) < 4.78 is 18.5. The molecular weight excluding hydrogens is 325 g/mol. The van der Waals surface area contributed by atoms with Crippen molar-refractivity contribution in [2.24, 2.45) is 0 Å². The molecule has 1 aromatic carbocycles. The van der Waals surface area contributed by atoms with Crippen LogP contribution >= 0.6 is 0 Å². The lowest BCUT2D eigenvalue weighted by atomic mass is 10.1. The highest BCUT2D eigenvalue weighted by Crippen LogP contribution is 2.33. The molecule has 0 unspecified atom stereocenters. The minimum Gasteiger partial charge on any atom is -0.503 e. The standard InChI is InChI=1S/C19H16FNO4/c20-12-3-1-11(2-4-12)9-14-7-8-16(25-14)17(22)15-10-21(13-5-6-13)19(24)18(15)23/h1-4,7-8,13,23H,5-6,9-10H2. The Morgan fingerprint density at radius 2 is 1.92 bits per heavy atom. The van der Waals surface area contributed by atoms with Crippen molar-refractivity contribution >= 4 is 11.7 Å². The molecule has 1 aromatic heterocycles. The average Bonchev–Trinajstić information content (AvgIpc) is 3.27. The van der Waals surface area contributed by atoms with Gasteiger partial charge in [0.05, 0.1) is 12.1 Å². The number of carbonyl (C=O) groups is 2. The maximum absolute atomic E-state index is 12.9. The van der Waals surface area contributed by atoms with Gasteiger partial charge < -0.3 is 14.4 Å². The summed E-state index contributed by atoms with van der Waals surface area (Å²) in [4.78, 5) is 26.1. The molecular formula is C19H16FNO4. The first-order valence-electron chi connectivity index (χ1n) is 8.14. The Labute approximate surface area is 143 Å². The number of aliphatic hydroxyl groups excluding tert-OH is 1. The van der Waals surface area contributed by atoms with Crippen molar-refractivity contribution in [3.05, 3.63) is 70.6 Å². The molecule has 0 spiro atoms. The molecule has 5 nitrogen and oxygen atoms in total. The van der Waals surface area contributed by atoms with Gasteiger partial charge in [-0.2, -0.15) is 0 Å². The summed E-state index contributed by atoms with van der Waals surface area (Å²) in [5.41, 5.74) is 0.937. The van der Waals surface area contributed by atoms with Gasteiger partial charge in [0.25, 0.3) is 5.91 Å². The molecule has 6 heteroatoms. The van der Waals surface area contributed by atoms with E-state index in [1.54, 1.807) is 18.2 Å².